The number of hydrogen-bond acceptors (Lipinski definition) is 6. The van der Waals surface area contributed by atoms with Gasteiger partial charge in [0, 0.05) is 24.8 Å². The van der Waals surface area contributed by atoms with E-state index < -0.39 is 11.2 Å². The Kier molecular flexibility index (Phi) is 5.75. The van der Waals surface area contributed by atoms with Crippen molar-refractivity contribution >= 4 is 28.5 Å². The Balaban J connectivity index is 1.97. The van der Waals surface area contributed by atoms with Crippen molar-refractivity contribution in [3.63, 3.8) is 0 Å². The van der Waals surface area contributed by atoms with Crippen molar-refractivity contribution < 1.29 is 4.74 Å². The van der Waals surface area contributed by atoms with Gasteiger partial charge in [0.1, 0.15) is 17.0 Å². The zero-order valence-corrected chi connectivity index (χ0v) is 18.9. The number of methoxy groups -OCH3 is 1. The van der Waals surface area contributed by atoms with Crippen LogP contribution in [0, 0.1) is 0 Å². The normalized spacial score (nSPS) is 11.3. The minimum absolute atomic E-state index is 0.112. The minimum atomic E-state index is -0.536. The number of fused-ring (bicyclic) bond motifs is 1. The molecule has 10 heteroatoms. The molecule has 0 atom stereocenters. The number of aromatic nitrogens is 5. The molecule has 0 bridgehead atoms. The molecule has 0 spiro atoms. The Morgan fingerprint density at radius 2 is 1.91 bits per heavy atom. The molecule has 0 radical (unpaired) electrons. The summed E-state index contributed by atoms with van der Waals surface area (Å²) in [4.78, 5) is 32.3. The van der Waals surface area contributed by atoms with Crippen LogP contribution >= 0.6 is 11.6 Å². The fourth-order valence-electron chi connectivity index (χ4n) is 3.49. The molecule has 0 aliphatic carbocycles. The maximum absolute atomic E-state index is 13.1. The molecule has 32 heavy (non-hydrogen) atoms. The maximum Gasteiger partial charge on any atom is 0.329 e. The van der Waals surface area contributed by atoms with E-state index in [0.717, 1.165) is 15.9 Å². The summed E-state index contributed by atoms with van der Waals surface area (Å²) < 4.78 is 7.92. The summed E-state index contributed by atoms with van der Waals surface area (Å²) in [5.41, 5.74) is 1.24. The summed E-state index contributed by atoms with van der Waals surface area (Å²) in [7, 11) is 3.03. The molecule has 1 aromatic carbocycles. The Labute approximate surface area is 188 Å². The van der Waals surface area contributed by atoms with E-state index in [0.29, 0.717) is 28.6 Å². The van der Waals surface area contributed by atoms with E-state index in [1.54, 1.807) is 24.1 Å². The molecule has 0 fully saturated rings. The highest BCUT2D eigenvalue weighted by Crippen LogP contribution is 2.35. The maximum atomic E-state index is 13.1. The van der Waals surface area contributed by atoms with Gasteiger partial charge in [-0.05, 0) is 37.6 Å². The topological polar surface area (TPSA) is 107 Å². The van der Waals surface area contributed by atoms with Crippen molar-refractivity contribution in [2.24, 2.45) is 7.05 Å². The van der Waals surface area contributed by atoms with Gasteiger partial charge >= 0.3 is 5.69 Å². The highest BCUT2D eigenvalue weighted by molar-refractivity contribution is 6.36. The van der Waals surface area contributed by atoms with E-state index in [4.69, 9.17) is 16.3 Å². The molecule has 3 heterocycles. The van der Waals surface area contributed by atoms with Gasteiger partial charge in [0.05, 0.1) is 24.4 Å². The largest absolute Gasteiger partial charge is 0.497 e. The van der Waals surface area contributed by atoms with Gasteiger partial charge in [-0.2, -0.15) is 5.10 Å². The Hall–Kier alpha value is -3.59. The van der Waals surface area contributed by atoms with Gasteiger partial charge in [0.2, 0.25) is 0 Å². The second-order valence-corrected chi connectivity index (χ2v) is 8.07. The molecule has 0 unspecified atom stereocenters. The molecular weight excluding hydrogens is 432 g/mol. The fourth-order valence-corrected chi connectivity index (χ4v) is 3.75. The summed E-state index contributed by atoms with van der Waals surface area (Å²) in [6.45, 7) is 4.31. The number of nitrogens with zero attached hydrogens (tertiary/aromatic N) is 4. The van der Waals surface area contributed by atoms with Gasteiger partial charge in [0.25, 0.3) is 5.56 Å². The molecule has 0 aliphatic rings. The second-order valence-electron chi connectivity index (χ2n) is 7.69. The summed E-state index contributed by atoms with van der Waals surface area (Å²) in [5.74, 6) is 1.24. The molecule has 9 nitrogen and oxygen atoms in total. The fraction of sp³-hybridized carbons (Fsp3) is 0.273. The average Bonchev–Trinajstić information content (AvgIpc) is 3.11. The smallest absolute Gasteiger partial charge is 0.329 e. The number of anilines is 1. The summed E-state index contributed by atoms with van der Waals surface area (Å²) in [5, 5.41) is 8.40. The minimum Gasteiger partial charge on any atom is -0.497 e. The summed E-state index contributed by atoms with van der Waals surface area (Å²) in [6, 6.07) is 9.37. The number of H-pyrrole nitrogens is 1. The van der Waals surface area contributed by atoms with Crippen molar-refractivity contribution in [3.05, 3.63) is 68.0 Å². The number of ether oxygens (including phenoxy) is 1. The number of halogens is 1. The van der Waals surface area contributed by atoms with Crippen LogP contribution in [0.1, 0.15) is 19.4 Å². The first-order valence-electron chi connectivity index (χ1n) is 10.0. The van der Waals surface area contributed by atoms with Gasteiger partial charge in [-0.15, -0.1) is 0 Å². The van der Waals surface area contributed by atoms with Crippen LogP contribution in [-0.4, -0.2) is 37.5 Å². The number of hydrogen-bond donors (Lipinski definition) is 2. The average molecular weight is 455 g/mol. The SMILES string of the molecule is COc1ccc(Cn2nc3[nH]c(=O)n(C)c(=O)c3c2-c2ccnc(NC(C)C)c2Cl)cc1. The lowest BCUT2D eigenvalue weighted by Crippen LogP contribution is -2.32. The number of pyridine rings is 1. The Bertz CT molecular complexity index is 1400. The van der Waals surface area contributed by atoms with Gasteiger partial charge in [-0.3, -0.25) is 19.0 Å². The first-order chi connectivity index (χ1) is 15.3. The number of rotatable bonds is 6. The number of benzene rings is 1. The zero-order chi connectivity index (χ0) is 23.0. The Morgan fingerprint density at radius 3 is 2.56 bits per heavy atom. The molecule has 0 amide bonds. The number of nitrogens with one attached hydrogen (secondary N) is 2. The highest BCUT2D eigenvalue weighted by Gasteiger charge is 2.22. The Morgan fingerprint density at radius 1 is 1.19 bits per heavy atom. The van der Waals surface area contributed by atoms with E-state index in [9.17, 15) is 9.59 Å². The summed E-state index contributed by atoms with van der Waals surface area (Å²) in [6.07, 6.45) is 1.62. The quantitative estimate of drug-likeness (QED) is 0.463. The molecule has 166 valence electrons. The third kappa shape index (κ3) is 3.87. The van der Waals surface area contributed by atoms with Crippen LogP contribution in [0.2, 0.25) is 5.02 Å². The predicted molar refractivity (Wildman–Crippen MR) is 125 cm³/mol. The first kappa shape index (κ1) is 21.6. The van der Waals surface area contributed by atoms with Gasteiger partial charge < -0.3 is 10.1 Å². The first-order valence-corrected chi connectivity index (χ1v) is 10.4. The van der Waals surface area contributed by atoms with Crippen molar-refractivity contribution in [2.45, 2.75) is 26.4 Å². The van der Waals surface area contributed by atoms with E-state index in [2.05, 4.69) is 20.4 Å². The third-order valence-corrected chi connectivity index (χ3v) is 5.44. The van der Waals surface area contributed by atoms with Crippen molar-refractivity contribution in [1.82, 2.24) is 24.3 Å². The van der Waals surface area contributed by atoms with E-state index in [-0.39, 0.29) is 17.1 Å². The molecular formula is C22H23ClN6O3. The van der Waals surface area contributed by atoms with Gasteiger partial charge in [-0.25, -0.2) is 9.78 Å². The van der Waals surface area contributed by atoms with Gasteiger partial charge in [-0.1, -0.05) is 23.7 Å². The lowest BCUT2D eigenvalue weighted by Gasteiger charge is -2.14. The van der Waals surface area contributed by atoms with E-state index in [1.165, 1.54) is 7.05 Å². The van der Waals surface area contributed by atoms with Crippen LogP contribution in [0.3, 0.4) is 0 Å². The van der Waals surface area contributed by atoms with Crippen molar-refractivity contribution in [3.8, 4) is 17.0 Å². The molecule has 4 rings (SSSR count). The lowest BCUT2D eigenvalue weighted by atomic mass is 10.1. The van der Waals surface area contributed by atoms with Crippen molar-refractivity contribution in [2.75, 3.05) is 12.4 Å². The molecule has 4 aromatic rings. The predicted octanol–water partition coefficient (Wildman–Crippen LogP) is 3.02. The van der Waals surface area contributed by atoms with Crippen LogP contribution < -0.4 is 21.3 Å². The highest BCUT2D eigenvalue weighted by atomic mass is 35.5. The zero-order valence-electron chi connectivity index (χ0n) is 18.1. The molecule has 0 saturated heterocycles. The molecule has 0 aliphatic heterocycles. The third-order valence-electron chi connectivity index (χ3n) is 5.06. The number of aromatic amines is 1. The van der Waals surface area contributed by atoms with Crippen LogP contribution in [0.25, 0.3) is 22.3 Å². The molecule has 0 saturated carbocycles. The van der Waals surface area contributed by atoms with Gasteiger partial charge in [0.15, 0.2) is 5.65 Å². The van der Waals surface area contributed by atoms with E-state index >= 15 is 0 Å². The second kappa shape index (κ2) is 8.51. The van der Waals surface area contributed by atoms with Crippen LogP contribution in [0.4, 0.5) is 5.82 Å². The molecule has 2 N–H and O–H groups in total. The lowest BCUT2D eigenvalue weighted by molar-refractivity contribution is 0.414. The monoisotopic (exact) mass is 454 g/mol. The van der Waals surface area contributed by atoms with E-state index in [1.807, 2.05) is 38.1 Å². The molecule has 3 aromatic heterocycles. The summed E-state index contributed by atoms with van der Waals surface area (Å²) >= 11 is 6.72. The standard InChI is InChI=1S/C22H23ClN6O3/c1-12(2)25-20-17(23)15(9-10-24-20)18-16-19(26-22(31)28(3)21(16)30)27-29(18)11-13-5-7-14(32-4)8-6-13/h5-10,12H,11H2,1-4H3,(H,24,25)(H,26,27,31). The van der Waals surface area contributed by atoms with Crippen LogP contribution in [0.5, 0.6) is 5.75 Å². The van der Waals surface area contributed by atoms with Crippen LogP contribution in [-0.2, 0) is 13.6 Å². The van der Waals surface area contributed by atoms with Crippen LogP contribution in [0.15, 0.2) is 46.1 Å². The van der Waals surface area contributed by atoms with Crippen molar-refractivity contribution in [1.29, 1.82) is 0 Å².